The fraction of sp³-hybridized carbons (Fsp3) is 0.500. The van der Waals surface area contributed by atoms with E-state index in [1.165, 1.54) is 0 Å². The Morgan fingerprint density at radius 3 is 2.96 bits per heavy atom. The van der Waals surface area contributed by atoms with Gasteiger partial charge in [-0.15, -0.1) is 0 Å². The summed E-state index contributed by atoms with van der Waals surface area (Å²) in [6.45, 7) is 1.41. The van der Waals surface area contributed by atoms with Gasteiger partial charge in [-0.05, 0) is 43.4 Å². The van der Waals surface area contributed by atoms with E-state index < -0.39 is 23.7 Å². The van der Waals surface area contributed by atoms with Crippen molar-refractivity contribution in [1.82, 2.24) is 0 Å². The van der Waals surface area contributed by atoms with Crippen molar-refractivity contribution in [3.63, 3.8) is 0 Å². The van der Waals surface area contributed by atoms with Crippen LogP contribution < -0.4 is 5.32 Å². The molecule has 0 unspecified atom stereocenters. The Morgan fingerprint density at radius 1 is 1.36 bits per heavy atom. The Balaban J connectivity index is 1.35. The number of hydrogen-bond acceptors (Lipinski definition) is 5. The first-order valence-electron chi connectivity index (χ1n) is 8.38. The summed E-state index contributed by atoms with van der Waals surface area (Å²) in [6.07, 6.45) is 1.52. The monoisotopic (exact) mass is 363 g/mol. The maximum absolute atomic E-state index is 12.4. The summed E-state index contributed by atoms with van der Waals surface area (Å²) in [5.74, 6) is -1.82. The van der Waals surface area contributed by atoms with Gasteiger partial charge in [0, 0.05) is 16.6 Å². The van der Waals surface area contributed by atoms with Gasteiger partial charge in [0.15, 0.2) is 6.61 Å². The molecule has 0 spiro atoms. The van der Waals surface area contributed by atoms with E-state index in [0.717, 1.165) is 18.4 Å². The molecule has 1 aromatic rings. The zero-order valence-corrected chi connectivity index (χ0v) is 14.4. The van der Waals surface area contributed by atoms with E-state index in [9.17, 15) is 14.4 Å². The second-order valence-corrected chi connectivity index (χ2v) is 7.40. The SMILES string of the molecule is Cc1c(Cl)cccc1NC(=O)COC(=O)[C@@H]1[C@@H]2C[C@@H]3[C@@H]1C(=O)O[C@@H]3C2. The van der Waals surface area contributed by atoms with Gasteiger partial charge in [-0.3, -0.25) is 14.4 Å². The third-order valence-electron chi connectivity index (χ3n) is 5.64. The zero-order valence-electron chi connectivity index (χ0n) is 13.7. The number of ether oxygens (including phenoxy) is 2. The summed E-state index contributed by atoms with van der Waals surface area (Å²) in [7, 11) is 0. The van der Waals surface area contributed by atoms with Crippen molar-refractivity contribution in [2.24, 2.45) is 23.7 Å². The van der Waals surface area contributed by atoms with E-state index in [4.69, 9.17) is 21.1 Å². The lowest BCUT2D eigenvalue weighted by atomic mass is 9.80. The number of amides is 1. The maximum Gasteiger partial charge on any atom is 0.310 e. The van der Waals surface area contributed by atoms with Gasteiger partial charge in [-0.25, -0.2) is 0 Å². The number of halogens is 1. The fourth-order valence-electron chi connectivity index (χ4n) is 4.49. The lowest BCUT2D eigenvalue weighted by Gasteiger charge is -2.22. The van der Waals surface area contributed by atoms with Crippen molar-refractivity contribution in [3.05, 3.63) is 28.8 Å². The van der Waals surface area contributed by atoms with Gasteiger partial charge in [0.1, 0.15) is 6.10 Å². The molecule has 25 heavy (non-hydrogen) atoms. The summed E-state index contributed by atoms with van der Waals surface area (Å²) in [6, 6.07) is 5.19. The number of esters is 2. The normalized spacial score (nSPS) is 31.8. The van der Waals surface area contributed by atoms with Crippen molar-refractivity contribution in [2.75, 3.05) is 11.9 Å². The highest BCUT2D eigenvalue weighted by Crippen LogP contribution is 2.57. The summed E-state index contributed by atoms with van der Waals surface area (Å²) in [4.78, 5) is 36.4. The molecule has 3 aliphatic rings. The van der Waals surface area contributed by atoms with Crippen LogP contribution in [-0.2, 0) is 23.9 Å². The van der Waals surface area contributed by atoms with Gasteiger partial charge in [-0.1, -0.05) is 17.7 Å². The molecule has 5 atom stereocenters. The van der Waals surface area contributed by atoms with Gasteiger partial charge in [0.05, 0.1) is 11.8 Å². The zero-order chi connectivity index (χ0) is 17.7. The number of hydrogen-bond donors (Lipinski definition) is 1. The maximum atomic E-state index is 12.4. The van der Waals surface area contributed by atoms with Crippen LogP contribution in [0.15, 0.2) is 18.2 Å². The molecular weight excluding hydrogens is 346 g/mol. The van der Waals surface area contributed by atoms with Crippen LogP contribution in [-0.4, -0.2) is 30.6 Å². The minimum atomic E-state index is -0.479. The fourth-order valence-corrected chi connectivity index (χ4v) is 4.66. The van der Waals surface area contributed by atoms with Crippen LogP contribution in [0, 0.1) is 30.6 Å². The Morgan fingerprint density at radius 2 is 2.16 bits per heavy atom. The topological polar surface area (TPSA) is 81.7 Å². The smallest absolute Gasteiger partial charge is 0.310 e. The van der Waals surface area contributed by atoms with Crippen molar-refractivity contribution in [3.8, 4) is 0 Å². The molecular formula is C18H18ClNO5. The van der Waals surface area contributed by atoms with Crippen LogP contribution in [0.4, 0.5) is 5.69 Å². The Bertz CT molecular complexity index is 762. The van der Waals surface area contributed by atoms with Crippen LogP contribution in [0.5, 0.6) is 0 Å². The van der Waals surface area contributed by atoms with Gasteiger partial charge >= 0.3 is 11.9 Å². The molecule has 2 bridgehead atoms. The van der Waals surface area contributed by atoms with E-state index in [1.807, 2.05) is 0 Å². The largest absolute Gasteiger partial charge is 0.462 e. The second-order valence-electron chi connectivity index (χ2n) is 6.99. The number of rotatable bonds is 4. The van der Waals surface area contributed by atoms with Gasteiger partial charge in [0.25, 0.3) is 5.91 Å². The molecule has 2 saturated carbocycles. The highest BCUT2D eigenvalue weighted by molar-refractivity contribution is 6.31. The molecule has 1 saturated heterocycles. The molecule has 1 amide bonds. The van der Waals surface area contributed by atoms with E-state index in [-0.39, 0.29) is 30.5 Å². The minimum Gasteiger partial charge on any atom is -0.462 e. The lowest BCUT2D eigenvalue weighted by Crippen LogP contribution is -2.35. The van der Waals surface area contributed by atoms with Gasteiger partial charge in [0.2, 0.25) is 0 Å². The summed E-state index contributed by atoms with van der Waals surface area (Å²) in [5, 5.41) is 3.23. The van der Waals surface area contributed by atoms with Crippen LogP contribution in [0.1, 0.15) is 18.4 Å². The number of nitrogens with one attached hydrogen (secondary N) is 1. The van der Waals surface area contributed by atoms with Gasteiger partial charge < -0.3 is 14.8 Å². The average Bonchev–Trinajstić information content (AvgIpc) is 3.19. The molecule has 4 rings (SSSR count). The first-order valence-corrected chi connectivity index (χ1v) is 8.75. The summed E-state index contributed by atoms with van der Waals surface area (Å²) < 4.78 is 10.5. The molecule has 132 valence electrons. The quantitative estimate of drug-likeness (QED) is 0.830. The van der Waals surface area contributed by atoms with Crippen LogP contribution in [0.2, 0.25) is 5.02 Å². The molecule has 7 heteroatoms. The summed E-state index contributed by atoms with van der Waals surface area (Å²) in [5.41, 5.74) is 1.33. The molecule has 6 nitrogen and oxygen atoms in total. The molecule has 1 aliphatic heterocycles. The second kappa shape index (κ2) is 6.02. The van der Waals surface area contributed by atoms with E-state index >= 15 is 0 Å². The number of carbonyl (C=O) groups excluding carboxylic acids is 3. The van der Waals surface area contributed by atoms with Crippen LogP contribution in [0.3, 0.4) is 0 Å². The predicted molar refractivity (Wildman–Crippen MR) is 88.9 cm³/mol. The molecule has 2 aliphatic carbocycles. The number of anilines is 1. The molecule has 0 radical (unpaired) electrons. The van der Waals surface area contributed by atoms with Crippen molar-refractivity contribution in [2.45, 2.75) is 25.9 Å². The average molecular weight is 364 g/mol. The number of carbonyl (C=O) groups is 3. The lowest BCUT2D eigenvalue weighted by molar-refractivity contribution is -0.157. The molecule has 1 heterocycles. The van der Waals surface area contributed by atoms with E-state index in [1.54, 1.807) is 25.1 Å². The Labute approximate surface area is 149 Å². The van der Waals surface area contributed by atoms with Crippen molar-refractivity contribution in [1.29, 1.82) is 0 Å². The molecule has 0 aromatic heterocycles. The Hall–Kier alpha value is -2.08. The summed E-state index contributed by atoms with van der Waals surface area (Å²) >= 11 is 6.02. The van der Waals surface area contributed by atoms with Crippen molar-refractivity contribution >= 4 is 35.1 Å². The Kier molecular flexibility index (Phi) is 3.95. The van der Waals surface area contributed by atoms with Crippen molar-refractivity contribution < 1.29 is 23.9 Å². The van der Waals surface area contributed by atoms with Gasteiger partial charge in [-0.2, -0.15) is 0 Å². The highest BCUT2D eigenvalue weighted by Gasteiger charge is 2.64. The first kappa shape index (κ1) is 16.4. The van der Waals surface area contributed by atoms with Crippen LogP contribution >= 0.6 is 11.6 Å². The van der Waals surface area contributed by atoms with E-state index in [2.05, 4.69) is 5.32 Å². The van der Waals surface area contributed by atoms with Crippen LogP contribution in [0.25, 0.3) is 0 Å². The molecule has 1 aromatic carbocycles. The highest BCUT2D eigenvalue weighted by atomic mass is 35.5. The minimum absolute atomic E-state index is 0.0272. The first-order chi connectivity index (χ1) is 12.0. The third kappa shape index (κ3) is 2.68. The molecule has 3 fully saturated rings. The van der Waals surface area contributed by atoms with E-state index in [0.29, 0.717) is 10.7 Å². The standard InChI is InChI=1S/C18H18ClNO5/c1-8-11(19)3-2-4-12(8)20-14(21)7-24-17(22)15-9-5-10-13(6-9)25-18(23)16(10)15/h2-4,9-10,13,15-16H,5-7H2,1H3,(H,20,21)/t9-,10+,13-,15-,16+/m1/s1. The molecule has 1 N–H and O–H groups in total. The third-order valence-corrected chi connectivity index (χ3v) is 6.05. The number of fused-ring (bicyclic) bond motifs is 1. The number of benzene rings is 1. The predicted octanol–water partition coefficient (Wildman–Crippen LogP) is 2.33.